The van der Waals surface area contributed by atoms with Gasteiger partial charge in [0.15, 0.2) is 0 Å². The second-order valence-corrected chi connectivity index (χ2v) is 13.4. The minimum absolute atomic E-state index is 0.0417. The van der Waals surface area contributed by atoms with E-state index < -0.39 is 0 Å². The molecule has 1 N–H and O–H groups in total. The summed E-state index contributed by atoms with van der Waals surface area (Å²) in [5, 5.41) is 0. The molecule has 2 unspecified atom stereocenters. The van der Waals surface area contributed by atoms with Crippen molar-refractivity contribution in [2.24, 2.45) is 16.3 Å². The van der Waals surface area contributed by atoms with E-state index in [2.05, 4.69) is 77.1 Å². The molecule has 0 aromatic heterocycles. The number of likely N-dealkylation sites (tertiary alicyclic amines) is 1. The highest BCUT2D eigenvalue weighted by Gasteiger charge is 2.25. The van der Waals surface area contributed by atoms with Gasteiger partial charge in [-0.15, -0.1) is 0 Å². The summed E-state index contributed by atoms with van der Waals surface area (Å²) in [6.45, 7) is 27.0. The number of hydrogen-bond acceptors (Lipinski definition) is 5. The number of allylic oxidation sites excluding steroid dienone is 3. The van der Waals surface area contributed by atoms with Crippen molar-refractivity contribution in [1.29, 1.82) is 0 Å². The third-order valence-electron chi connectivity index (χ3n) is 5.47. The quantitative estimate of drug-likeness (QED) is 0.173. The van der Waals surface area contributed by atoms with E-state index in [-0.39, 0.29) is 21.8 Å². The molecule has 0 aromatic rings. The van der Waals surface area contributed by atoms with Gasteiger partial charge in [-0.1, -0.05) is 38.8 Å². The van der Waals surface area contributed by atoms with Crippen LogP contribution in [0, 0.1) is 11.3 Å². The number of rotatable bonds is 9. The van der Waals surface area contributed by atoms with Crippen LogP contribution in [0.5, 0.6) is 0 Å². The van der Waals surface area contributed by atoms with Crippen LogP contribution in [0.3, 0.4) is 0 Å². The van der Waals surface area contributed by atoms with Gasteiger partial charge in [0.1, 0.15) is 0 Å². The molecule has 33 heavy (non-hydrogen) atoms. The Kier molecular flexibility index (Phi) is 13.8. The predicted molar refractivity (Wildman–Crippen MR) is 147 cm³/mol. The molecular weight excluding hydrogens is 430 g/mol. The lowest BCUT2D eigenvalue weighted by molar-refractivity contribution is -0.117. The summed E-state index contributed by atoms with van der Waals surface area (Å²) >= 11 is 1.75. The molecule has 6 heteroatoms. The molecule has 1 fully saturated rings. The van der Waals surface area contributed by atoms with Crippen LogP contribution in [0.1, 0.15) is 88.5 Å². The van der Waals surface area contributed by atoms with Crippen LogP contribution >= 0.6 is 11.9 Å². The number of methoxy groups -OCH3 is 1. The molecule has 0 aromatic carbocycles. The molecular formula is C27H51N3O2S. The van der Waals surface area contributed by atoms with Gasteiger partial charge in [-0.05, 0) is 97.4 Å². The number of carbonyl (C=O) groups excluding carboxylic acids is 1. The summed E-state index contributed by atoms with van der Waals surface area (Å²) in [6.07, 6.45) is 8.51. The minimum atomic E-state index is 0.0417. The summed E-state index contributed by atoms with van der Waals surface area (Å²) in [6, 6.07) is 0.148. The van der Waals surface area contributed by atoms with E-state index in [1.807, 2.05) is 25.7 Å². The van der Waals surface area contributed by atoms with Crippen molar-refractivity contribution in [3.05, 3.63) is 23.4 Å². The number of nitrogens with one attached hydrogen (secondary N) is 1. The number of aliphatic imine (C=N–C) groups is 1. The number of amides is 1. The van der Waals surface area contributed by atoms with E-state index in [1.165, 1.54) is 5.57 Å². The number of nitrogens with zero attached hydrogens (tertiary/aromatic N) is 2. The van der Waals surface area contributed by atoms with Crippen LogP contribution in [-0.4, -0.2) is 54.6 Å². The Labute approximate surface area is 209 Å². The van der Waals surface area contributed by atoms with E-state index in [4.69, 9.17) is 4.74 Å². The van der Waals surface area contributed by atoms with Gasteiger partial charge in [0.2, 0.25) is 6.41 Å². The third kappa shape index (κ3) is 14.7. The zero-order valence-electron chi connectivity index (χ0n) is 23.2. The monoisotopic (exact) mass is 481 g/mol. The van der Waals surface area contributed by atoms with Gasteiger partial charge < -0.3 is 9.64 Å². The summed E-state index contributed by atoms with van der Waals surface area (Å²) < 4.78 is 8.71. The molecule has 2 atom stereocenters. The van der Waals surface area contributed by atoms with Crippen molar-refractivity contribution in [3.8, 4) is 0 Å². The van der Waals surface area contributed by atoms with Crippen molar-refractivity contribution in [3.63, 3.8) is 0 Å². The van der Waals surface area contributed by atoms with Crippen LogP contribution in [0.2, 0.25) is 0 Å². The fraction of sp³-hybridized carbons (Fsp3) is 0.778. The molecule has 0 saturated carbocycles. The van der Waals surface area contributed by atoms with E-state index in [9.17, 15) is 4.79 Å². The Morgan fingerprint density at radius 1 is 1.21 bits per heavy atom. The second kappa shape index (κ2) is 14.3. The predicted octanol–water partition coefficient (Wildman–Crippen LogP) is 6.66. The molecule has 1 amide bonds. The molecule has 1 heterocycles. The van der Waals surface area contributed by atoms with Crippen LogP contribution in [0.4, 0.5) is 0 Å². The standard InChI is InChI=1S/C22H39N3OS.C5H12O/c1-9-18(21(2,3)4)14-20(23-8)19(24-27-22(5,6)7)11-10-17-12-13-25(15-17)16-26;1-5(2,3)6-4/h9,14,16-17,19,24H,8,10-13,15H2,1-7H3;1-4H3/b18-9+,20-14-;. The Bertz CT molecular complexity index is 652. The average Bonchev–Trinajstić information content (AvgIpc) is 3.16. The summed E-state index contributed by atoms with van der Waals surface area (Å²) in [4.78, 5) is 17.3. The van der Waals surface area contributed by atoms with Gasteiger partial charge in [-0.2, -0.15) is 0 Å². The molecule has 1 aliphatic heterocycles. The fourth-order valence-corrected chi connectivity index (χ4v) is 3.99. The molecule has 0 aliphatic carbocycles. The van der Waals surface area contributed by atoms with Crippen molar-refractivity contribution in [2.45, 2.75) is 105 Å². The zero-order chi connectivity index (χ0) is 25.9. The van der Waals surface area contributed by atoms with E-state index in [0.29, 0.717) is 5.92 Å². The first-order valence-electron chi connectivity index (χ1n) is 12.1. The summed E-state index contributed by atoms with van der Waals surface area (Å²) in [7, 11) is 1.71. The third-order valence-corrected chi connectivity index (χ3v) is 6.48. The van der Waals surface area contributed by atoms with Gasteiger partial charge in [0.25, 0.3) is 0 Å². The van der Waals surface area contributed by atoms with Crippen LogP contribution < -0.4 is 4.72 Å². The van der Waals surface area contributed by atoms with Gasteiger partial charge in [-0.25, -0.2) is 0 Å². The lowest BCUT2D eigenvalue weighted by atomic mass is 9.85. The first-order chi connectivity index (χ1) is 15.1. The van der Waals surface area contributed by atoms with E-state index in [0.717, 1.165) is 44.5 Å². The molecule has 1 aliphatic rings. The number of hydrogen-bond donors (Lipinski definition) is 1. The van der Waals surface area contributed by atoms with Crippen molar-refractivity contribution in [2.75, 3.05) is 20.2 Å². The number of carbonyl (C=O) groups is 1. The second-order valence-electron chi connectivity index (χ2n) is 11.8. The maximum absolute atomic E-state index is 11.0. The maximum Gasteiger partial charge on any atom is 0.209 e. The Morgan fingerprint density at radius 3 is 2.15 bits per heavy atom. The Balaban J connectivity index is 0.00000150. The topological polar surface area (TPSA) is 53.9 Å². The largest absolute Gasteiger partial charge is 0.379 e. The first kappa shape index (κ1) is 31.9. The maximum atomic E-state index is 11.0. The average molecular weight is 482 g/mol. The summed E-state index contributed by atoms with van der Waals surface area (Å²) in [5.41, 5.74) is 2.38. The normalized spacial score (nSPS) is 19.1. The molecule has 5 nitrogen and oxygen atoms in total. The molecule has 1 saturated heterocycles. The highest BCUT2D eigenvalue weighted by Crippen LogP contribution is 2.31. The zero-order valence-corrected chi connectivity index (χ0v) is 24.1. The van der Waals surface area contributed by atoms with Gasteiger partial charge in [-0.3, -0.25) is 14.5 Å². The van der Waals surface area contributed by atoms with Crippen LogP contribution in [0.15, 0.2) is 28.4 Å². The van der Waals surface area contributed by atoms with Crippen molar-refractivity contribution < 1.29 is 9.53 Å². The van der Waals surface area contributed by atoms with Crippen LogP contribution in [-0.2, 0) is 9.53 Å². The Hall–Kier alpha value is -1.11. The molecule has 192 valence electrons. The van der Waals surface area contributed by atoms with Crippen molar-refractivity contribution in [1.82, 2.24) is 9.62 Å². The van der Waals surface area contributed by atoms with Gasteiger partial charge in [0.05, 0.1) is 17.3 Å². The lowest BCUT2D eigenvalue weighted by Gasteiger charge is -2.27. The SMILES string of the molecule is C=N/C(=C\C(=C/C)C(C)(C)C)C(CCC1CCN(C=O)C1)NSC(C)(C)C.COC(C)(C)C. The number of ether oxygens (including phenoxy) is 1. The molecule has 0 bridgehead atoms. The van der Waals surface area contributed by atoms with E-state index >= 15 is 0 Å². The highest BCUT2D eigenvalue weighted by atomic mass is 32.2. The van der Waals surface area contributed by atoms with Crippen molar-refractivity contribution >= 4 is 25.1 Å². The lowest BCUT2D eigenvalue weighted by Crippen LogP contribution is -2.30. The molecule has 0 spiro atoms. The first-order valence-corrected chi connectivity index (χ1v) is 12.9. The van der Waals surface area contributed by atoms with Gasteiger partial charge >= 0.3 is 0 Å². The fourth-order valence-electron chi connectivity index (χ4n) is 3.26. The minimum Gasteiger partial charge on any atom is -0.379 e. The van der Waals surface area contributed by atoms with E-state index in [1.54, 1.807) is 19.1 Å². The van der Waals surface area contributed by atoms with Crippen LogP contribution in [0.25, 0.3) is 0 Å². The molecule has 1 rings (SSSR count). The summed E-state index contributed by atoms with van der Waals surface area (Å²) in [5.74, 6) is 0.578. The molecule has 0 radical (unpaired) electrons. The van der Waals surface area contributed by atoms with Gasteiger partial charge in [0, 0.05) is 24.9 Å². The smallest absolute Gasteiger partial charge is 0.209 e. The Morgan fingerprint density at radius 2 is 1.79 bits per heavy atom. The highest BCUT2D eigenvalue weighted by molar-refractivity contribution is 7.98.